The molecule has 7 heteroatoms. The first kappa shape index (κ1) is 23.1. The molecule has 3 heterocycles. The lowest BCUT2D eigenvalue weighted by Crippen LogP contribution is -2.34. The van der Waals surface area contributed by atoms with Crippen LogP contribution in [0.25, 0.3) is 27.9 Å². The number of halogens is 1. The summed E-state index contributed by atoms with van der Waals surface area (Å²) in [4.78, 5) is 23.6. The van der Waals surface area contributed by atoms with E-state index < -0.39 is 0 Å². The van der Waals surface area contributed by atoms with Crippen molar-refractivity contribution in [2.75, 3.05) is 13.7 Å². The Morgan fingerprint density at radius 3 is 2.70 bits per heavy atom. The van der Waals surface area contributed by atoms with E-state index in [-0.39, 0.29) is 5.91 Å². The summed E-state index contributed by atoms with van der Waals surface area (Å²) in [6.45, 7) is 0.458. The molecule has 37 heavy (non-hydrogen) atoms. The van der Waals surface area contributed by atoms with E-state index in [0.29, 0.717) is 29.5 Å². The smallest absolute Gasteiger partial charge is 0.278 e. The highest BCUT2D eigenvalue weighted by molar-refractivity contribution is 6.35. The van der Waals surface area contributed by atoms with Crippen LogP contribution in [0, 0.1) is 0 Å². The molecule has 0 bridgehead atoms. The maximum absolute atomic E-state index is 13.7. The van der Waals surface area contributed by atoms with Gasteiger partial charge in [-0.1, -0.05) is 41.9 Å². The highest BCUT2D eigenvalue weighted by Crippen LogP contribution is 2.30. The number of hydrogen-bond donors (Lipinski definition) is 1. The number of amidine groups is 1. The van der Waals surface area contributed by atoms with Gasteiger partial charge in [0.25, 0.3) is 5.91 Å². The number of para-hydroxylation sites is 1. The highest BCUT2D eigenvalue weighted by Gasteiger charge is 2.32. The van der Waals surface area contributed by atoms with Gasteiger partial charge in [0.1, 0.15) is 17.3 Å². The minimum absolute atomic E-state index is 0.139. The minimum atomic E-state index is -0.139. The minimum Gasteiger partial charge on any atom is -0.497 e. The summed E-state index contributed by atoms with van der Waals surface area (Å²) in [6.07, 6.45) is 6.53. The Morgan fingerprint density at radius 2 is 1.86 bits per heavy atom. The fourth-order valence-electron chi connectivity index (χ4n) is 4.97. The number of benzene rings is 3. The van der Waals surface area contributed by atoms with Gasteiger partial charge < -0.3 is 14.3 Å². The number of nitrogens with zero attached hydrogens (tertiary/aromatic N) is 3. The number of methoxy groups -OCH3 is 1. The molecule has 6 nitrogen and oxygen atoms in total. The van der Waals surface area contributed by atoms with E-state index in [2.05, 4.69) is 21.7 Å². The quantitative estimate of drug-likeness (QED) is 0.278. The monoisotopic (exact) mass is 508 g/mol. The average molecular weight is 509 g/mol. The average Bonchev–Trinajstić information content (AvgIpc) is 3.57. The number of aromatic amines is 1. The maximum atomic E-state index is 13.7. The first-order chi connectivity index (χ1) is 18.0. The molecule has 0 radical (unpaired) electrons. The second-order valence-electron chi connectivity index (χ2n) is 9.09. The third kappa shape index (κ3) is 4.09. The number of carbonyl (C=O) groups is 1. The number of amides is 1. The molecule has 3 aromatic carbocycles. The number of aliphatic imine (C=N–C) groups is 1. The third-order valence-electron chi connectivity index (χ3n) is 6.86. The molecule has 0 unspecified atom stereocenters. The predicted octanol–water partition coefficient (Wildman–Crippen LogP) is 6.19. The Bertz CT molecular complexity index is 1730. The number of H-pyrrole nitrogens is 1. The van der Waals surface area contributed by atoms with Gasteiger partial charge in [-0.25, -0.2) is 4.99 Å². The molecule has 0 spiro atoms. The van der Waals surface area contributed by atoms with Crippen LogP contribution in [0.15, 0.2) is 89.8 Å². The standard InChI is InChI=1S/C30H25ClN4O2/c1-34-18-20(22-7-4-6-10-28(22)34)15-27-30(36)35(29(33-27)23-8-3-5-9-25(23)31)14-13-19-17-32-26-12-11-21(37-2)16-24(19)26/h3-12,15-18,32H,13-14H2,1-2H3/b27-15-. The molecule has 184 valence electrons. The van der Waals surface area contributed by atoms with Gasteiger partial charge >= 0.3 is 0 Å². The highest BCUT2D eigenvalue weighted by atomic mass is 35.5. The van der Waals surface area contributed by atoms with Crippen molar-refractivity contribution in [1.29, 1.82) is 0 Å². The fourth-order valence-corrected chi connectivity index (χ4v) is 5.19. The van der Waals surface area contributed by atoms with Crippen molar-refractivity contribution < 1.29 is 9.53 Å². The van der Waals surface area contributed by atoms with Gasteiger partial charge in [-0.05, 0) is 54.5 Å². The lowest BCUT2D eigenvalue weighted by molar-refractivity contribution is -0.122. The van der Waals surface area contributed by atoms with Crippen LogP contribution in [0.3, 0.4) is 0 Å². The van der Waals surface area contributed by atoms with Crippen molar-refractivity contribution >= 4 is 51.2 Å². The molecule has 1 aliphatic heterocycles. The SMILES string of the molecule is COc1ccc2[nH]cc(CCN3C(=O)/C(=C/c4cn(C)c5ccccc45)N=C3c3ccccc3Cl)c2c1. The number of carbonyl (C=O) groups excluding carboxylic acids is 1. The van der Waals surface area contributed by atoms with Gasteiger partial charge in [0.15, 0.2) is 0 Å². The zero-order valence-electron chi connectivity index (χ0n) is 20.5. The Balaban J connectivity index is 1.38. The van der Waals surface area contributed by atoms with Crippen LogP contribution < -0.4 is 4.74 Å². The van der Waals surface area contributed by atoms with Crippen LogP contribution in [-0.2, 0) is 18.3 Å². The molecule has 6 rings (SSSR count). The molecule has 0 fully saturated rings. The van der Waals surface area contributed by atoms with Crippen molar-refractivity contribution in [2.24, 2.45) is 12.0 Å². The van der Waals surface area contributed by atoms with Gasteiger partial charge in [-0.15, -0.1) is 0 Å². The van der Waals surface area contributed by atoms with Gasteiger partial charge in [0.2, 0.25) is 0 Å². The number of ether oxygens (including phenoxy) is 1. The molecule has 5 aromatic rings. The molecule has 0 atom stereocenters. The van der Waals surface area contributed by atoms with Crippen LogP contribution in [0.1, 0.15) is 16.7 Å². The predicted molar refractivity (Wildman–Crippen MR) is 149 cm³/mol. The van der Waals surface area contributed by atoms with E-state index in [9.17, 15) is 4.79 Å². The fraction of sp³-hybridized carbons (Fsp3) is 0.133. The number of aromatic nitrogens is 2. The molecule has 1 aliphatic rings. The van der Waals surface area contributed by atoms with Crippen LogP contribution in [0.4, 0.5) is 0 Å². The summed E-state index contributed by atoms with van der Waals surface area (Å²) in [6, 6.07) is 21.6. The first-order valence-corrected chi connectivity index (χ1v) is 12.5. The van der Waals surface area contributed by atoms with Crippen LogP contribution >= 0.6 is 11.6 Å². The second kappa shape index (κ2) is 9.30. The van der Waals surface area contributed by atoms with E-state index in [1.807, 2.05) is 80.1 Å². The van der Waals surface area contributed by atoms with Crippen molar-refractivity contribution in [3.8, 4) is 5.75 Å². The van der Waals surface area contributed by atoms with E-state index in [4.69, 9.17) is 21.3 Å². The van der Waals surface area contributed by atoms with Crippen LogP contribution in [0.2, 0.25) is 5.02 Å². The van der Waals surface area contributed by atoms with Gasteiger partial charge in [-0.2, -0.15) is 0 Å². The molecule has 0 aliphatic carbocycles. The summed E-state index contributed by atoms with van der Waals surface area (Å²) in [5, 5.41) is 2.71. The van der Waals surface area contributed by atoms with Crippen LogP contribution in [0.5, 0.6) is 5.75 Å². The van der Waals surface area contributed by atoms with E-state index in [1.54, 1.807) is 12.0 Å². The van der Waals surface area contributed by atoms with Crippen molar-refractivity contribution in [2.45, 2.75) is 6.42 Å². The molecule has 1 N–H and O–H groups in total. The van der Waals surface area contributed by atoms with E-state index >= 15 is 0 Å². The number of rotatable bonds is 6. The van der Waals surface area contributed by atoms with E-state index in [1.165, 1.54) is 0 Å². The third-order valence-corrected chi connectivity index (χ3v) is 7.19. The maximum Gasteiger partial charge on any atom is 0.278 e. The van der Waals surface area contributed by atoms with Crippen molar-refractivity contribution in [3.05, 3.63) is 107 Å². The number of aryl methyl sites for hydroxylation is 1. The number of fused-ring (bicyclic) bond motifs is 2. The van der Waals surface area contributed by atoms with Crippen molar-refractivity contribution in [3.63, 3.8) is 0 Å². The van der Waals surface area contributed by atoms with E-state index in [0.717, 1.165) is 44.2 Å². The molecule has 0 saturated heterocycles. The summed E-state index contributed by atoms with van der Waals surface area (Å²) in [7, 11) is 3.66. The lowest BCUT2D eigenvalue weighted by Gasteiger charge is -2.19. The zero-order chi connectivity index (χ0) is 25.5. The van der Waals surface area contributed by atoms with Crippen LogP contribution in [-0.4, -0.2) is 39.8 Å². The number of hydrogen-bond acceptors (Lipinski definition) is 3. The molecular weight excluding hydrogens is 484 g/mol. The zero-order valence-corrected chi connectivity index (χ0v) is 21.3. The molecule has 2 aromatic heterocycles. The lowest BCUT2D eigenvalue weighted by atomic mass is 10.1. The summed E-state index contributed by atoms with van der Waals surface area (Å²) >= 11 is 6.56. The normalized spacial score (nSPS) is 14.8. The molecule has 0 saturated carbocycles. The van der Waals surface area contributed by atoms with Crippen molar-refractivity contribution in [1.82, 2.24) is 14.5 Å². The second-order valence-corrected chi connectivity index (χ2v) is 9.50. The number of nitrogens with one attached hydrogen (secondary N) is 1. The Morgan fingerprint density at radius 1 is 1.05 bits per heavy atom. The summed E-state index contributed by atoms with van der Waals surface area (Å²) in [5.41, 5.74) is 5.31. The molecule has 1 amide bonds. The van der Waals surface area contributed by atoms with Gasteiger partial charge in [0, 0.05) is 58.9 Å². The first-order valence-electron chi connectivity index (χ1n) is 12.1. The molecular formula is C30H25ClN4O2. The Kier molecular flexibility index (Phi) is 5.81. The van der Waals surface area contributed by atoms with Gasteiger partial charge in [-0.3, -0.25) is 9.69 Å². The Labute approximate surface area is 219 Å². The topological polar surface area (TPSA) is 62.6 Å². The summed E-state index contributed by atoms with van der Waals surface area (Å²) < 4.78 is 7.47. The largest absolute Gasteiger partial charge is 0.497 e. The summed E-state index contributed by atoms with van der Waals surface area (Å²) in [5.74, 6) is 1.23. The Hall–Kier alpha value is -4.29. The van der Waals surface area contributed by atoms with Gasteiger partial charge in [0.05, 0.1) is 12.1 Å².